The Labute approximate surface area is 167 Å². The second-order valence-corrected chi connectivity index (χ2v) is 9.06. The lowest BCUT2D eigenvalue weighted by molar-refractivity contribution is 0.181. The fourth-order valence-corrected chi connectivity index (χ4v) is 4.90. The SMILES string of the molecule is COc1ccc(S(=O)(=O)N2CCN(Cc3cc(C)ccc3C)CC2)cc1OC. The minimum atomic E-state index is -3.56. The summed E-state index contributed by atoms with van der Waals surface area (Å²) in [4.78, 5) is 2.54. The molecule has 2 aromatic rings. The van der Waals surface area contributed by atoms with Crippen LogP contribution in [0.25, 0.3) is 0 Å². The summed E-state index contributed by atoms with van der Waals surface area (Å²) in [7, 11) is -0.530. The molecule has 0 N–H and O–H groups in total. The number of hydrogen-bond acceptors (Lipinski definition) is 5. The fourth-order valence-electron chi connectivity index (χ4n) is 3.47. The predicted octanol–water partition coefficient (Wildman–Crippen LogP) is 2.83. The molecule has 2 aromatic carbocycles. The number of sulfonamides is 1. The van der Waals surface area contributed by atoms with Crippen LogP contribution in [0.15, 0.2) is 41.3 Å². The van der Waals surface area contributed by atoms with E-state index < -0.39 is 10.0 Å². The van der Waals surface area contributed by atoms with Crippen LogP contribution in [0.5, 0.6) is 11.5 Å². The van der Waals surface area contributed by atoms with E-state index in [0.717, 1.165) is 6.54 Å². The van der Waals surface area contributed by atoms with Crippen LogP contribution in [0, 0.1) is 13.8 Å². The van der Waals surface area contributed by atoms with E-state index in [1.54, 1.807) is 16.4 Å². The molecule has 0 bridgehead atoms. The van der Waals surface area contributed by atoms with Crippen LogP contribution >= 0.6 is 0 Å². The van der Waals surface area contributed by atoms with E-state index in [0.29, 0.717) is 37.7 Å². The molecular weight excluding hydrogens is 376 g/mol. The smallest absolute Gasteiger partial charge is 0.243 e. The quantitative estimate of drug-likeness (QED) is 0.741. The molecule has 0 radical (unpaired) electrons. The molecule has 28 heavy (non-hydrogen) atoms. The molecule has 1 fully saturated rings. The summed E-state index contributed by atoms with van der Waals surface area (Å²) in [5.41, 5.74) is 3.82. The number of piperazine rings is 1. The third kappa shape index (κ3) is 4.32. The maximum absolute atomic E-state index is 13.0. The largest absolute Gasteiger partial charge is 0.493 e. The van der Waals surface area contributed by atoms with Crippen molar-refractivity contribution in [1.82, 2.24) is 9.21 Å². The molecule has 1 aliphatic rings. The van der Waals surface area contributed by atoms with Crippen LogP contribution in [0.3, 0.4) is 0 Å². The van der Waals surface area contributed by atoms with Crippen molar-refractivity contribution in [1.29, 1.82) is 0 Å². The first-order valence-corrected chi connectivity index (χ1v) is 10.8. The van der Waals surface area contributed by atoms with Crippen molar-refractivity contribution >= 4 is 10.0 Å². The van der Waals surface area contributed by atoms with E-state index in [-0.39, 0.29) is 4.90 Å². The number of hydrogen-bond donors (Lipinski definition) is 0. The van der Waals surface area contributed by atoms with Crippen molar-refractivity contribution in [2.24, 2.45) is 0 Å². The minimum Gasteiger partial charge on any atom is -0.493 e. The second-order valence-electron chi connectivity index (χ2n) is 7.13. The van der Waals surface area contributed by atoms with Gasteiger partial charge in [-0.3, -0.25) is 4.90 Å². The zero-order chi connectivity index (χ0) is 20.3. The molecule has 0 saturated carbocycles. The molecule has 1 saturated heterocycles. The molecule has 152 valence electrons. The van der Waals surface area contributed by atoms with Gasteiger partial charge in [0.25, 0.3) is 0 Å². The first-order valence-electron chi connectivity index (χ1n) is 9.36. The fraction of sp³-hybridized carbons (Fsp3) is 0.429. The maximum Gasteiger partial charge on any atom is 0.243 e. The summed E-state index contributed by atoms with van der Waals surface area (Å²) >= 11 is 0. The topological polar surface area (TPSA) is 59.1 Å². The summed E-state index contributed by atoms with van der Waals surface area (Å²) in [5.74, 6) is 0.928. The highest BCUT2D eigenvalue weighted by Gasteiger charge is 2.29. The average Bonchev–Trinajstić information content (AvgIpc) is 2.70. The maximum atomic E-state index is 13.0. The molecule has 1 aliphatic heterocycles. The molecule has 0 aromatic heterocycles. The molecule has 6 nitrogen and oxygen atoms in total. The van der Waals surface area contributed by atoms with Crippen molar-refractivity contribution in [2.45, 2.75) is 25.3 Å². The van der Waals surface area contributed by atoms with E-state index in [2.05, 4.69) is 36.9 Å². The average molecular weight is 405 g/mol. The molecule has 3 rings (SSSR count). The Morgan fingerprint density at radius 1 is 0.893 bits per heavy atom. The normalized spacial score (nSPS) is 16.1. The van der Waals surface area contributed by atoms with Gasteiger partial charge in [-0.2, -0.15) is 4.31 Å². The Balaban J connectivity index is 1.69. The zero-order valence-corrected chi connectivity index (χ0v) is 17.8. The van der Waals surface area contributed by atoms with Gasteiger partial charge in [0.05, 0.1) is 19.1 Å². The van der Waals surface area contributed by atoms with Gasteiger partial charge in [-0.1, -0.05) is 23.8 Å². The molecule has 1 heterocycles. The van der Waals surface area contributed by atoms with Crippen molar-refractivity contribution in [3.05, 3.63) is 53.1 Å². The van der Waals surface area contributed by atoms with Crippen LogP contribution in [0.4, 0.5) is 0 Å². The lowest BCUT2D eigenvalue weighted by Gasteiger charge is -2.34. The number of methoxy groups -OCH3 is 2. The standard InChI is InChI=1S/C21H28N2O4S/c1-16-5-6-17(2)18(13-16)15-22-9-11-23(12-10-22)28(24,25)19-7-8-20(26-3)21(14-19)27-4/h5-8,13-14H,9-12,15H2,1-4H3. The minimum absolute atomic E-state index is 0.230. The van der Waals surface area contributed by atoms with Gasteiger partial charge in [-0.05, 0) is 37.1 Å². The molecule has 0 spiro atoms. The van der Waals surface area contributed by atoms with Crippen molar-refractivity contribution in [3.63, 3.8) is 0 Å². The Kier molecular flexibility index (Phi) is 6.27. The summed E-state index contributed by atoms with van der Waals surface area (Å²) in [6.07, 6.45) is 0. The lowest BCUT2D eigenvalue weighted by atomic mass is 10.1. The van der Waals surface area contributed by atoms with Crippen molar-refractivity contribution < 1.29 is 17.9 Å². The third-order valence-corrected chi connectivity index (χ3v) is 7.12. The predicted molar refractivity (Wildman–Crippen MR) is 109 cm³/mol. The number of benzene rings is 2. The summed E-state index contributed by atoms with van der Waals surface area (Å²) in [5, 5.41) is 0. The Morgan fingerprint density at radius 3 is 2.21 bits per heavy atom. The van der Waals surface area contributed by atoms with Gasteiger partial charge >= 0.3 is 0 Å². The van der Waals surface area contributed by atoms with Crippen LogP contribution in [0.1, 0.15) is 16.7 Å². The third-order valence-electron chi connectivity index (χ3n) is 5.22. The van der Waals surface area contributed by atoms with Gasteiger partial charge in [0.15, 0.2) is 11.5 Å². The summed E-state index contributed by atoms with van der Waals surface area (Å²) in [6.45, 7) is 7.42. The second kappa shape index (κ2) is 8.51. The van der Waals surface area contributed by atoms with Gasteiger partial charge in [0, 0.05) is 38.8 Å². The number of ether oxygens (including phenoxy) is 2. The van der Waals surface area contributed by atoms with Gasteiger partial charge in [0.1, 0.15) is 0 Å². The van der Waals surface area contributed by atoms with Crippen molar-refractivity contribution in [3.8, 4) is 11.5 Å². The molecule has 0 amide bonds. The van der Waals surface area contributed by atoms with E-state index in [4.69, 9.17) is 9.47 Å². The van der Waals surface area contributed by atoms with E-state index in [1.807, 2.05) is 0 Å². The lowest BCUT2D eigenvalue weighted by Crippen LogP contribution is -2.48. The van der Waals surface area contributed by atoms with E-state index in [9.17, 15) is 8.42 Å². The van der Waals surface area contributed by atoms with Crippen LogP contribution in [-0.2, 0) is 16.6 Å². The number of rotatable bonds is 6. The van der Waals surface area contributed by atoms with Gasteiger partial charge < -0.3 is 9.47 Å². The van der Waals surface area contributed by atoms with Crippen LogP contribution < -0.4 is 9.47 Å². The summed E-state index contributed by atoms with van der Waals surface area (Å²) in [6, 6.07) is 11.2. The number of aryl methyl sites for hydroxylation is 2. The monoisotopic (exact) mass is 404 g/mol. The van der Waals surface area contributed by atoms with Gasteiger partial charge in [-0.25, -0.2) is 8.42 Å². The highest BCUT2D eigenvalue weighted by atomic mass is 32.2. The molecule has 0 aliphatic carbocycles. The molecule has 0 atom stereocenters. The Bertz CT molecular complexity index is 935. The zero-order valence-electron chi connectivity index (χ0n) is 16.9. The molecule has 7 heteroatoms. The molecular formula is C21H28N2O4S. The Morgan fingerprint density at radius 2 is 1.57 bits per heavy atom. The van der Waals surface area contributed by atoms with Crippen LogP contribution in [0.2, 0.25) is 0 Å². The van der Waals surface area contributed by atoms with E-state index in [1.165, 1.54) is 37.0 Å². The Hall–Kier alpha value is -2.09. The summed E-state index contributed by atoms with van der Waals surface area (Å²) < 4.78 is 38.1. The molecule has 0 unspecified atom stereocenters. The highest BCUT2D eigenvalue weighted by molar-refractivity contribution is 7.89. The number of nitrogens with zero attached hydrogens (tertiary/aromatic N) is 2. The van der Waals surface area contributed by atoms with E-state index >= 15 is 0 Å². The first kappa shape index (κ1) is 20.6. The van der Waals surface area contributed by atoms with Gasteiger partial charge in [0.2, 0.25) is 10.0 Å². The van der Waals surface area contributed by atoms with Gasteiger partial charge in [-0.15, -0.1) is 0 Å². The highest BCUT2D eigenvalue weighted by Crippen LogP contribution is 2.31. The van der Waals surface area contributed by atoms with Crippen LogP contribution in [-0.4, -0.2) is 58.0 Å². The van der Waals surface area contributed by atoms with Crippen molar-refractivity contribution in [2.75, 3.05) is 40.4 Å². The first-order chi connectivity index (χ1) is 13.3.